The summed E-state index contributed by atoms with van der Waals surface area (Å²) in [5.41, 5.74) is 1.47. The number of halogens is 1. The zero-order chi connectivity index (χ0) is 16.5. The maximum Gasteiger partial charge on any atom is 0.235 e. The molecule has 1 N–H and O–H groups in total. The lowest BCUT2D eigenvalue weighted by Crippen LogP contribution is -2.32. The van der Waals surface area contributed by atoms with Gasteiger partial charge in [-0.3, -0.25) is 9.10 Å². The highest BCUT2D eigenvalue weighted by Gasteiger charge is 2.29. The first kappa shape index (κ1) is 17.1. The number of carbonyl (C=O) groups is 1. The first-order valence-corrected chi connectivity index (χ1v) is 9.30. The molecule has 0 spiro atoms. The number of amides is 1. The van der Waals surface area contributed by atoms with Crippen molar-refractivity contribution in [3.63, 3.8) is 0 Å². The Balaban J connectivity index is 2.22. The van der Waals surface area contributed by atoms with Gasteiger partial charge in [-0.25, -0.2) is 8.42 Å². The predicted molar refractivity (Wildman–Crippen MR) is 90.1 cm³/mol. The third-order valence-electron chi connectivity index (χ3n) is 3.79. The van der Waals surface area contributed by atoms with Crippen molar-refractivity contribution in [1.82, 2.24) is 0 Å². The van der Waals surface area contributed by atoms with Crippen molar-refractivity contribution in [2.24, 2.45) is 5.41 Å². The highest BCUT2D eigenvalue weighted by Crippen LogP contribution is 2.29. The van der Waals surface area contributed by atoms with E-state index in [1.165, 1.54) is 4.31 Å². The number of alkyl halides is 1. The van der Waals surface area contributed by atoms with Crippen LogP contribution in [0.2, 0.25) is 0 Å². The van der Waals surface area contributed by atoms with Gasteiger partial charge >= 0.3 is 0 Å². The molecule has 1 aliphatic heterocycles. The van der Waals surface area contributed by atoms with E-state index in [0.717, 1.165) is 5.56 Å². The van der Waals surface area contributed by atoms with E-state index in [-0.39, 0.29) is 17.5 Å². The molecule has 1 fully saturated rings. The number of anilines is 2. The van der Waals surface area contributed by atoms with E-state index >= 15 is 0 Å². The second-order valence-corrected chi connectivity index (χ2v) is 8.49. The molecule has 2 rings (SSSR count). The van der Waals surface area contributed by atoms with Crippen molar-refractivity contribution < 1.29 is 13.2 Å². The van der Waals surface area contributed by atoms with E-state index < -0.39 is 15.4 Å². The average molecular weight is 345 g/mol. The van der Waals surface area contributed by atoms with E-state index in [1.807, 2.05) is 6.92 Å². The molecule has 0 unspecified atom stereocenters. The van der Waals surface area contributed by atoms with Gasteiger partial charge in [-0.05, 0) is 51.0 Å². The molecule has 1 amide bonds. The minimum atomic E-state index is -3.19. The number of rotatable bonds is 4. The van der Waals surface area contributed by atoms with E-state index in [1.54, 1.807) is 32.0 Å². The van der Waals surface area contributed by atoms with Gasteiger partial charge in [0.1, 0.15) is 0 Å². The molecular formula is C15H21ClN2O3S. The van der Waals surface area contributed by atoms with Crippen LogP contribution < -0.4 is 9.62 Å². The molecule has 1 heterocycles. The molecule has 7 heteroatoms. The summed E-state index contributed by atoms with van der Waals surface area (Å²) in [6.07, 6.45) is 0.643. The van der Waals surface area contributed by atoms with E-state index in [9.17, 15) is 13.2 Å². The summed E-state index contributed by atoms with van der Waals surface area (Å²) in [6, 6.07) is 5.24. The van der Waals surface area contributed by atoms with Gasteiger partial charge in [0, 0.05) is 18.1 Å². The van der Waals surface area contributed by atoms with Crippen LogP contribution >= 0.6 is 11.6 Å². The van der Waals surface area contributed by atoms with Gasteiger partial charge in [0.2, 0.25) is 15.9 Å². The highest BCUT2D eigenvalue weighted by molar-refractivity contribution is 7.93. The molecule has 0 aromatic heterocycles. The maximum atomic E-state index is 12.2. The zero-order valence-corrected chi connectivity index (χ0v) is 14.6. The van der Waals surface area contributed by atoms with Gasteiger partial charge in [-0.15, -0.1) is 11.6 Å². The molecule has 0 aliphatic carbocycles. The Bertz CT molecular complexity index is 686. The first-order chi connectivity index (χ1) is 10.2. The van der Waals surface area contributed by atoms with Crippen molar-refractivity contribution in [3.05, 3.63) is 23.8 Å². The molecule has 1 aromatic carbocycles. The number of nitrogens with zero attached hydrogens (tertiary/aromatic N) is 1. The third kappa shape index (κ3) is 3.38. The standard InChI is InChI=1S/C15H21ClN2O3S/c1-11-9-12(18-7-4-8-22(18,20)21)5-6-13(11)17-14(19)15(2,3)10-16/h5-6,9H,4,7-8,10H2,1-3H3,(H,17,19). The summed E-state index contributed by atoms with van der Waals surface area (Å²) >= 11 is 5.80. The van der Waals surface area contributed by atoms with Gasteiger partial charge in [0.25, 0.3) is 0 Å². The number of hydrogen-bond donors (Lipinski definition) is 1. The second-order valence-electron chi connectivity index (χ2n) is 6.21. The van der Waals surface area contributed by atoms with Crippen molar-refractivity contribution in [1.29, 1.82) is 0 Å². The minimum absolute atomic E-state index is 0.160. The Morgan fingerprint density at radius 2 is 2.09 bits per heavy atom. The first-order valence-electron chi connectivity index (χ1n) is 7.16. The molecule has 1 saturated heterocycles. The molecular weight excluding hydrogens is 324 g/mol. The topological polar surface area (TPSA) is 66.5 Å². The third-order valence-corrected chi connectivity index (χ3v) is 6.33. The fourth-order valence-electron chi connectivity index (χ4n) is 2.22. The number of carbonyl (C=O) groups excluding carboxylic acids is 1. The number of nitrogens with one attached hydrogen (secondary N) is 1. The minimum Gasteiger partial charge on any atom is -0.325 e. The van der Waals surface area contributed by atoms with Crippen molar-refractivity contribution in [3.8, 4) is 0 Å². The van der Waals surface area contributed by atoms with Gasteiger partial charge in [-0.1, -0.05) is 0 Å². The number of sulfonamides is 1. The molecule has 0 atom stereocenters. The lowest BCUT2D eigenvalue weighted by Gasteiger charge is -2.22. The molecule has 0 bridgehead atoms. The molecule has 1 aliphatic rings. The van der Waals surface area contributed by atoms with Crippen LogP contribution in [0.25, 0.3) is 0 Å². The Morgan fingerprint density at radius 3 is 2.59 bits per heavy atom. The number of benzene rings is 1. The Morgan fingerprint density at radius 1 is 1.41 bits per heavy atom. The largest absolute Gasteiger partial charge is 0.325 e. The smallest absolute Gasteiger partial charge is 0.235 e. The summed E-state index contributed by atoms with van der Waals surface area (Å²) in [6.45, 7) is 5.90. The Labute approximate surface area is 136 Å². The maximum absolute atomic E-state index is 12.2. The van der Waals surface area contributed by atoms with Gasteiger partial charge in [0.05, 0.1) is 16.9 Å². The summed E-state index contributed by atoms with van der Waals surface area (Å²) in [7, 11) is -3.19. The summed E-state index contributed by atoms with van der Waals surface area (Å²) in [5.74, 6) is 0.253. The number of aryl methyl sites for hydroxylation is 1. The van der Waals surface area contributed by atoms with Crippen LogP contribution in [0.1, 0.15) is 25.8 Å². The summed E-state index contributed by atoms with van der Waals surface area (Å²) < 4.78 is 25.3. The average Bonchev–Trinajstić information content (AvgIpc) is 2.80. The summed E-state index contributed by atoms with van der Waals surface area (Å²) in [4.78, 5) is 12.2. The van der Waals surface area contributed by atoms with Crippen LogP contribution in [0.15, 0.2) is 18.2 Å². The van der Waals surface area contributed by atoms with Crippen LogP contribution in [0, 0.1) is 12.3 Å². The van der Waals surface area contributed by atoms with Crippen LogP contribution in [0.4, 0.5) is 11.4 Å². The highest BCUT2D eigenvalue weighted by atomic mass is 35.5. The monoisotopic (exact) mass is 344 g/mol. The van der Waals surface area contributed by atoms with Crippen molar-refractivity contribution in [2.45, 2.75) is 27.2 Å². The van der Waals surface area contributed by atoms with Gasteiger partial charge in [-0.2, -0.15) is 0 Å². The fourth-order valence-corrected chi connectivity index (χ4v) is 3.90. The zero-order valence-electron chi connectivity index (χ0n) is 13.0. The lowest BCUT2D eigenvalue weighted by atomic mass is 9.95. The second kappa shape index (κ2) is 6.08. The van der Waals surface area contributed by atoms with Gasteiger partial charge in [0.15, 0.2) is 0 Å². The van der Waals surface area contributed by atoms with Crippen molar-refractivity contribution >= 4 is 38.9 Å². The van der Waals surface area contributed by atoms with Crippen molar-refractivity contribution in [2.75, 3.05) is 27.8 Å². The Hall–Kier alpha value is -1.27. The van der Waals surface area contributed by atoms with E-state index in [0.29, 0.717) is 24.3 Å². The molecule has 22 heavy (non-hydrogen) atoms. The predicted octanol–water partition coefficient (Wildman–Crippen LogP) is 2.74. The lowest BCUT2D eigenvalue weighted by molar-refractivity contribution is -0.122. The molecule has 122 valence electrons. The van der Waals surface area contributed by atoms with E-state index in [2.05, 4.69) is 5.32 Å². The van der Waals surface area contributed by atoms with Gasteiger partial charge < -0.3 is 5.32 Å². The SMILES string of the molecule is Cc1cc(N2CCCS2(=O)=O)ccc1NC(=O)C(C)(C)CCl. The molecule has 0 radical (unpaired) electrons. The fraction of sp³-hybridized carbons (Fsp3) is 0.533. The van der Waals surface area contributed by atoms with Crippen LogP contribution in [0.5, 0.6) is 0 Å². The summed E-state index contributed by atoms with van der Waals surface area (Å²) in [5, 5.41) is 2.85. The van der Waals surface area contributed by atoms with Crippen LogP contribution in [-0.4, -0.2) is 32.5 Å². The molecule has 0 saturated carbocycles. The molecule has 5 nitrogen and oxygen atoms in total. The normalized spacial score (nSPS) is 17.5. The Kier molecular flexibility index (Phi) is 4.73. The molecule has 1 aromatic rings. The van der Waals surface area contributed by atoms with E-state index in [4.69, 9.17) is 11.6 Å². The number of hydrogen-bond acceptors (Lipinski definition) is 3. The quantitative estimate of drug-likeness (QED) is 0.854. The van der Waals surface area contributed by atoms with Crippen LogP contribution in [-0.2, 0) is 14.8 Å². The van der Waals surface area contributed by atoms with Crippen LogP contribution in [0.3, 0.4) is 0 Å².